The Balaban J connectivity index is 1.52. The Morgan fingerprint density at radius 2 is 1.94 bits per heavy atom. The molecule has 0 saturated carbocycles. The molecule has 1 heterocycles. The predicted octanol–water partition coefficient (Wildman–Crippen LogP) is 5.52. The summed E-state index contributed by atoms with van der Waals surface area (Å²) in [6.07, 6.45) is 1.63. The number of nitro groups is 1. The first kappa shape index (κ1) is 24.6. The van der Waals surface area contributed by atoms with Gasteiger partial charge in [-0.15, -0.1) is 5.10 Å². The molecule has 0 spiro atoms. The molecule has 0 atom stereocenters. The van der Waals surface area contributed by atoms with Gasteiger partial charge in [-0.05, 0) is 54.4 Å². The highest BCUT2D eigenvalue weighted by atomic mass is 79.9. The lowest BCUT2D eigenvalue weighted by Crippen LogP contribution is -2.24. The Hall–Kier alpha value is -3.57. The van der Waals surface area contributed by atoms with Crippen molar-refractivity contribution in [1.82, 2.24) is 20.3 Å². The summed E-state index contributed by atoms with van der Waals surface area (Å²) in [6, 6.07) is 17.3. The van der Waals surface area contributed by atoms with Crippen molar-refractivity contribution in [2.75, 3.05) is 0 Å². The zero-order chi connectivity index (χ0) is 24.9. The van der Waals surface area contributed by atoms with E-state index in [1.54, 1.807) is 24.4 Å². The van der Waals surface area contributed by atoms with Crippen molar-refractivity contribution in [3.05, 3.63) is 108 Å². The van der Waals surface area contributed by atoms with Gasteiger partial charge in [-0.2, -0.15) is 0 Å². The number of nitrogens with one attached hydrogen (secondary N) is 1. The summed E-state index contributed by atoms with van der Waals surface area (Å²) < 4.78 is 8.90. The highest BCUT2D eigenvalue weighted by Gasteiger charge is 2.17. The largest absolute Gasteiger partial charge is 0.480 e. The van der Waals surface area contributed by atoms with Gasteiger partial charge in [0.1, 0.15) is 12.3 Å². The van der Waals surface area contributed by atoms with Gasteiger partial charge in [-0.25, -0.2) is 4.68 Å². The van der Waals surface area contributed by atoms with E-state index in [0.717, 1.165) is 20.1 Å². The zero-order valence-electron chi connectivity index (χ0n) is 18.4. The van der Waals surface area contributed by atoms with Crippen LogP contribution in [0.4, 0.5) is 5.69 Å². The predicted molar refractivity (Wildman–Crippen MR) is 137 cm³/mol. The smallest absolute Gasteiger partial charge is 0.310 e. The molecule has 1 N–H and O–H groups in total. The highest BCUT2D eigenvalue weighted by Crippen LogP contribution is 2.27. The average Bonchev–Trinajstić information content (AvgIpc) is 3.32. The lowest BCUT2D eigenvalue weighted by molar-refractivity contribution is -0.385. The lowest BCUT2D eigenvalue weighted by atomic mass is 10.1. The molecule has 3 aromatic carbocycles. The fourth-order valence-corrected chi connectivity index (χ4v) is 4.13. The molecular formula is C24H19Br2N5O4. The Kier molecular flexibility index (Phi) is 7.57. The molecule has 0 aliphatic rings. The average molecular weight is 601 g/mol. The first-order valence-electron chi connectivity index (χ1n) is 10.4. The summed E-state index contributed by atoms with van der Waals surface area (Å²) in [6.45, 7) is 2.23. The van der Waals surface area contributed by atoms with Gasteiger partial charge >= 0.3 is 5.69 Å². The Morgan fingerprint density at radius 1 is 1.14 bits per heavy atom. The number of nitro benzene ring substituents is 1. The minimum atomic E-state index is -0.503. The normalized spacial score (nSPS) is 10.7. The van der Waals surface area contributed by atoms with Crippen LogP contribution in [0.15, 0.2) is 75.8 Å². The van der Waals surface area contributed by atoms with E-state index in [2.05, 4.69) is 47.5 Å². The van der Waals surface area contributed by atoms with Gasteiger partial charge in [0, 0.05) is 21.6 Å². The van der Waals surface area contributed by atoms with Gasteiger partial charge in [0.05, 0.1) is 22.4 Å². The second kappa shape index (κ2) is 10.8. The fraction of sp³-hybridized carbons (Fsp3) is 0.125. The molecular weight excluding hydrogens is 582 g/mol. The van der Waals surface area contributed by atoms with Gasteiger partial charge in [0.2, 0.25) is 0 Å². The topological polar surface area (TPSA) is 112 Å². The molecule has 4 rings (SSSR count). The van der Waals surface area contributed by atoms with Crippen LogP contribution in [-0.4, -0.2) is 25.8 Å². The first-order valence-corrected chi connectivity index (χ1v) is 12.0. The van der Waals surface area contributed by atoms with Gasteiger partial charge in [-0.1, -0.05) is 55.3 Å². The molecule has 0 unspecified atom stereocenters. The molecule has 4 aromatic rings. The molecule has 0 radical (unpaired) electrons. The summed E-state index contributed by atoms with van der Waals surface area (Å²) in [5.74, 6) is -0.124. The van der Waals surface area contributed by atoms with Crippen LogP contribution >= 0.6 is 31.9 Å². The van der Waals surface area contributed by atoms with Crippen molar-refractivity contribution in [1.29, 1.82) is 0 Å². The maximum absolute atomic E-state index is 13.1. The molecule has 0 aliphatic heterocycles. The van der Waals surface area contributed by atoms with Crippen LogP contribution in [0.3, 0.4) is 0 Å². The number of carbonyl (C=O) groups is 1. The van der Waals surface area contributed by atoms with Crippen molar-refractivity contribution in [3.8, 4) is 11.4 Å². The maximum Gasteiger partial charge on any atom is 0.310 e. The van der Waals surface area contributed by atoms with Gasteiger partial charge in [0.15, 0.2) is 5.75 Å². The maximum atomic E-state index is 13.1. The van der Waals surface area contributed by atoms with Crippen LogP contribution in [0.1, 0.15) is 27.2 Å². The molecule has 0 fully saturated rings. The zero-order valence-corrected chi connectivity index (χ0v) is 21.6. The van der Waals surface area contributed by atoms with Gasteiger partial charge in [0.25, 0.3) is 5.91 Å². The number of aryl methyl sites for hydroxylation is 1. The number of halogens is 2. The van der Waals surface area contributed by atoms with E-state index in [1.165, 1.54) is 16.8 Å². The van der Waals surface area contributed by atoms with E-state index in [9.17, 15) is 14.9 Å². The van der Waals surface area contributed by atoms with Crippen molar-refractivity contribution in [2.24, 2.45) is 0 Å². The lowest BCUT2D eigenvalue weighted by Gasteiger charge is -2.12. The van der Waals surface area contributed by atoms with E-state index >= 15 is 0 Å². The molecule has 0 aliphatic carbocycles. The molecule has 9 nitrogen and oxygen atoms in total. The van der Waals surface area contributed by atoms with Crippen LogP contribution in [0.25, 0.3) is 5.69 Å². The van der Waals surface area contributed by atoms with Crippen molar-refractivity contribution in [2.45, 2.75) is 20.1 Å². The minimum Gasteiger partial charge on any atom is -0.480 e. The summed E-state index contributed by atoms with van der Waals surface area (Å²) in [5.41, 5.74) is 3.18. The molecule has 1 amide bonds. The summed E-state index contributed by atoms with van der Waals surface area (Å²) in [7, 11) is 0. The van der Waals surface area contributed by atoms with Crippen molar-refractivity contribution < 1.29 is 14.5 Å². The Labute approximate surface area is 217 Å². The number of nitrogens with zero attached hydrogens (tertiary/aromatic N) is 4. The number of hydrogen-bond donors (Lipinski definition) is 1. The van der Waals surface area contributed by atoms with E-state index in [4.69, 9.17) is 4.74 Å². The second-order valence-electron chi connectivity index (χ2n) is 7.61. The summed E-state index contributed by atoms with van der Waals surface area (Å²) >= 11 is 6.94. The quantitative estimate of drug-likeness (QED) is 0.211. The van der Waals surface area contributed by atoms with Crippen LogP contribution < -0.4 is 10.1 Å². The summed E-state index contributed by atoms with van der Waals surface area (Å²) in [4.78, 5) is 23.7. The van der Waals surface area contributed by atoms with Gasteiger partial charge in [-0.3, -0.25) is 14.9 Å². The van der Waals surface area contributed by atoms with Crippen LogP contribution in [0.2, 0.25) is 0 Å². The number of aromatic nitrogens is 3. The third kappa shape index (κ3) is 5.92. The van der Waals surface area contributed by atoms with Gasteiger partial charge < -0.3 is 10.1 Å². The number of hydrogen-bond acceptors (Lipinski definition) is 6. The third-order valence-electron chi connectivity index (χ3n) is 5.07. The number of rotatable bonds is 8. The first-order chi connectivity index (χ1) is 16.8. The number of benzene rings is 3. The van der Waals surface area contributed by atoms with E-state index in [0.29, 0.717) is 23.5 Å². The highest BCUT2D eigenvalue weighted by molar-refractivity contribution is 9.11. The van der Waals surface area contributed by atoms with Crippen LogP contribution in [0.5, 0.6) is 5.75 Å². The number of para-hydroxylation sites is 2. The Bertz CT molecular complexity index is 1410. The Morgan fingerprint density at radius 3 is 2.74 bits per heavy atom. The summed E-state index contributed by atoms with van der Waals surface area (Å²) in [5, 5.41) is 22.4. The molecule has 11 heteroatoms. The second-order valence-corrected chi connectivity index (χ2v) is 9.38. The standard InChI is InChI=1S/C24H19Br2N5O4/c1-15-6-8-19(24(32)27-12-16-11-17(25)7-9-20(16)26)22(10-15)30-13-18(28-29-30)14-35-23-5-3-2-4-21(23)31(33)34/h2-11,13H,12,14H2,1H3,(H,27,32). The van der Waals surface area contributed by atoms with E-state index < -0.39 is 4.92 Å². The monoisotopic (exact) mass is 599 g/mol. The number of carbonyl (C=O) groups excluding carboxylic acids is 1. The fourth-order valence-electron chi connectivity index (χ4n) is 3.34. The molecule has 0 bridgehead atoms. The minimum absolute atomic E-state index is 0.0187. The number of amides is 1. The molecule has 0 saturated heterocycles. The third-order valence-corrected chi connectivity index (χ3v) is 6.34. The van der Waals surface area contributed by atoms with Crippen molar-refractivity contribution in [3.63, 3.8) is 0 Å². The van der Waals surface area contributed by atoms with E-state index in [1.807, 2.05) is 37.3 Å². The molecule has 1 aromatic heterocycles. The van der Waals surface area contributed by atoms with E-state index in [-0.39, 0.29) is 24.0 Å². The molecule has 35 heavy (non-hydrogen) atoms. The molecule has 178 valence electrons. The number of ether oxygens (including phenoxy) is 1. The van der Waals surface area contributed by atoms with Crippen LogP contribution in [0, 0.1) is 17.0 Å². The van der Waals surface area contributed by atoms with Crippen LogP contribution in [-0.2, 0) is 13.2 Å². The SMILES string of the molecule is Cc1ccc(C(=O)NCc2cc(Br)ccc2Br)c(-n2cc(COc3ccccc3[N+](=O)[O-])nn2)c1. The van der Waals surface area contributed by atoms with Crippen molar-refractivity contribution >= 4 is 43.5 Å².